The van der Waals surface area contributed by atoms with Gasteiger partial charge >= 0.3 is 6.09 Å². The Balaban J connectivity index is 1.56. The van der Waals surface area contributed by atoms with Crippen LogP contribution in [-0.2, 0) is 11.2 Å². The summed E-state index contributed by atoms with van der Waals surface area (Å²) in [6, 6.07) is 14.3. The van der Waals surface area contributed by atoms with Crippen molar-refractivity contribution in [3.8, 4) is 0 Å². The quantitative estimate of drug-likeness (QED) is 0.893. The molecule has 0 saturated carbocycles. The molecular formula is C22H25FN2O2. The van der Waals surface area contributed by atoms with Crippen LogP contribution in [0, 0.1) is 11.7 Å². The number of halogens is 1. The van der Waals surface area contributed by atoms with Crippen LogP contribution in [0.3, 0.4) is 0 Å². The standard InChI is InChI=1S/C22H25FN2O2/c23-19-9-7-18(8-10-19)21-20-6-2-1-5-17(20)11-13-25(21)22(26)27-15-16-4-3-12-24-14-16/h1-2,5-10,16,21,24H,3-4,11-15H2. The van der Waals surface area contributed by atoms with E-state index in [2.05, 4.69) is 11.4 Å². The van der Waals surface area contributed by atoms with Gasteiger partial charge in [0, 0.05) is 19.0 Å². The van der Waals surface area contributed by atoms with E-state index in [-0.39, 0.29) is 18.0 Å². The Morgan fingerprint density at radius 3 is 2.78 bits per heavy atom. The summed E-state index contributed by atoms with van der Waals surface area (Å²) in [6.07, 6.45) is 2.72. The maximum absolute atomic E-state index is 13.4. The van der Waals surface area contributed by atoms with Crippen LogP contribution in [0.2, 0.25) is 0 Å². The summed E-state index contributed by atoms with van der Waals surface area (Å²) in [7, 11) is 0. The third kappa shape index (κ3) is 3.98. The van der Waals surface area contributed by atoms with E-state index in [1.807, 2.05) is 18.2 Å². The first kappa shape index (κ1) is 18.0. The fraction of sp³-hybridized carbons (Fsp3) is 0.409. The van der Waals surface area contributed by atoms with Crippen molar-refractivity contribution in [2.75, 3.05) is 26.2 Å². The maximum atomic E-state index is 13.4. The van der Waals surface area contributed by atoms with Crippen LogP contribution in [0.15, 0.2) is 48.5 Å². The summed E-state index contributed by atoms with van der Waals surface area (Å²) in [5.74, 6) is 0.103. The lowest BCUT2D eigenvalue weighted by Crippen LogP contribution is -2.42. The fourth-order valence-corrected chi connectivity index (χ4v) is 4.11. The molecule has 1 N–H and O–H groups in total. The van der Waals surface area contributed by atoms with Gasteiger partial charge in [0.1, 0.15) is 5.82 Å². The van der Waals surface area contributed by atoms with Gasteiger partial charge in [-0.2, -0.15) is 0 Å². The molecule has 27 heavy (non-hydrogen) atoms. The minimum absolute atomic E-state index is 0.243. The number of carbonyl (C=O) groups is 1. The van der Waals surface area contributed by atoms with Crippen molar-refractivity contribution in [1.29, 1.82) is 0 Å². The third-order valence-electron chi connectivity index (χ3n) is 5.55. The van der Waals surface area contributed by atoms with E-state index in [9.17, 15) is 9.18 Å². The molecule has 2 aliphatic heterocycles. The highest BCUT2D eigenvalue weighted by Gasteiger charge is 2.33. The first-order chi connectivity index (χ1) is 13.2. The number of amides is 1. The Hall–Kier alpha value is -2.40. The van der Waals surface area contributed by atoms with Crippen LogP contribution in [0.5, 0.6) is 0 Å². The minimum Gasteiger partial charge on any atom is -0.449 e. The van der Waals surface area contributed by atoms with Gasteiger partial charge in [-0.15, -0.1) is 0 Å². The SMILES string of the molecule is O=C(OCC1CCCNC1)N1CCc2ccccc2C1c1ccc(F)cc1. The van der Waals surface area contributed by atoms with E-state index in [4.69, 9.17) is 4.74 Å². The molecule has 1 saturated heterocycles. The predicted octanol–water partition coefficient (Wildman–Crippen LogP) is 3.91. The summed E-state index contributed by atoms with van der Waals surface area (Å²) >= 11 is 0. The van der Waals surface area contributed by atoms with Gasteiger partial charge in [-0.1, -0.05) is 36.4 Å². The lowest BCUT2D eigenvalue weighted by Gasteiger charge is -2.37. The smallest absolute Gasteiger partial charge is 0.410 e. The Morgan fingerprint density at radius 2 is 2.00 bits per heavy atom. The molecule has 0 aliphatic carbocycles. The van der Waals surface area contributed by atoms with Gasteiger partial charge in [-0.3, -0.25) is 4.90 Å². The van der Waals surface area contributed by atoms with Crippen molar-refractivity contribution in [1.82, 2.24) is 10.2 Å². The van der Waals surface area contributed by atoms with Gasteiger partial charge in [-0.25, -0.2) is 9.18 Å². The average molecular weight is 368 g/mol. The van der Waals surface area contributed by atoms with E-state index in [0.29, 0.717) is 19.1 Å². The number of hydrogen-bond acceptors (Lipinski definition) is 3. The molecule has 4 rings (SSSR count). The van der Waals surface area contributed by atoms with Crippen LogP contribution in [0.25, 0.3) is 0 Å². The number of hydrogen-bond donors (Lipinski definition) is 1. The second-order valence-corrected chi connectivity index (χ2v) is 7.39. The van der Waals surface area contributed by atoms with Crippen LogP contribution < -0.4 is 5.32 Å². The topological polar surface area (TPSA) is 41.6 Å². The Morgan fingerprint density at radius 1 is 1.19 bits per heavy atom. The molecule has 2 aromatic carbocycles. The molecule has 0 spiro atoms. The molecule has 2 aliphatic rings. The molecule has 2 aromatic rings. The molecule has 142 valence electrons. The van der Waals surface area contributed by atoms with Crippen LogP contribution in [-0.4, -0.2) is 37.2 Å². The number of ether oxygens (including phenoxy) is 1. The molecule has 1 amide bonds. The highest BCUT2D eigenvalue weighted by atomic mass is 19.1. The largest absolute Gasteiger partial charge is 0.449 e. The van der Waals surface area contributed by atoms with Crippen LogP contribution >= 0.6 is 0 Å². The summed E-state index contributed by atoms with van der Waals surface area (Å²) in [4.78, 5) is 14.7. The molecule has 0 bridgehead atoms. The molecule has 1 fully saturated rings. The number of nitrogens with one attached hydrogen (secondary N) is 1. The minimum atomic E-state index is -0.288. The Labute approximate surface area is 159 Å². The van der Waals surface area contributed by atoms with Gasteiger partial charge < -0.3 is 10.1 Å². The number of nitrogens with zero attached hydrogens (tertiary/aromatic N) is 1. The fourth-order valence-electron chi connectivity index (χ4n) is 4.11. The second kappa shape index (κ2) is 8.09. The molecule has 2 atom stereocenters. The summed E-state index contributed by atoms with van der Waals surface area (Å²) in [6.45, 7) is 2.98. The van der Waals surface area contributed by atoms with Crippen LogP contribution in [0.4, 0.5) is 9.18 Å². The monoisotopic (exact) mass is 368 g/mol. The summed E-state index contributed by atoms with van der Waals surface area (Å²) < 4.78 is 19.1. The van der Waals surface area contributed by atoms with E-state index in [1.54, 1.807) is 17.0 Å². The molecule has 5 heteroatoms. The van der Waals surface area contributed by atoms with Crippen molar-refractivity contribution in [3.05, 3.63) is 71.0 Å². The van der Waals surface area contributed by atoms with Gasteiger partial charge in [-0.05, 0) is 54.6 Å². The predicted molar refractivity (Wildman–Crippen MR) is 102 cm³/mol. The van der Waals surface area contributed by atoms with E-state index in [1.165, 1.54) is 17.7 Å². The number of rotatable bonds is 3. The first-order valence-electron chi connectivity index (χ1n) is 9.70. The molecule has 0 aromatic heterocycles. The van der Waals surface area contributed by atoms with Crippen molar-refractivity contribution in [3.63, 3.8) is 0 Å². The normalized spacial score (nSPS) is 22.2. The zero-order valence-corrected chi connectivity index (χ0v) is 15.4. The molecular weight excluding hydrogens is 343 g/mol. The van der Waals surface area contributed by atoms with Crippen molar-refractivity contribution < 1.29 is 13.9 Å². The summed E-state index contributed by atoms with van der Waals surface area (Å²) in [5.41, 5.74) is 3.22. The molecule has 2 heterocycles. The van der Waals surface area contributed by atoms with Gasteiger partial charge in [0.2, 0.25) is 0 Å². The zero-order valence-electron chi connectivity index (χ0n) is 15.4. The van der Waals surface area contributed by atoms with Crippen LogP contribution in [0.1, 0.15) is 35.6 Å². The number of fused-ring (bicyclic) bond motifs is 1. The molecule has 4 nitrogen and oxygen atoms in total. The zero-order chi connectivity index (χ0) is 18.6. The first-order valence-corrected chi connectivity index (χ1v) is 9.70. The van der Waals surface area contributed by atoms with Gasteiger partial charge in [0.05, 0.1) is 12.6 Å². The molecule has 0 radical (unpaired) electrons. The van der Waals surface area contributed by atoms with Gasteiger partial charge in [0.25, 0.3) is 0 Å². The van der Waals surface area contributed by atoms with Crippen molar-refractivity contribution in [2.24, 2.45) is 5.92 Å². The number of piperidine rings is 1. The molecule has 2 unspecified atom stereocenters. The lowest BCUT2D eigenvalue weighted by atomic mass is 9.88. The third-order valence-corrected chi connectivity index (χ3v) is 5.55. The Bertz CT molecular complexity index is 787. The van der Waals surface area contributed by atoms with E-state index >= 15 is 0 Å². The Kier molecular flexibility index (Phi) is 5.39. The maximum Gasteiger partial charge on any atom is 0.410 e. The highest BCUT2D eigenvalue weighted by molar-refractivity contribution is 5.70. The van der Waals surface area contributed by atoms with Gasteiger partial charge in [0.15, 0.2) is 0 Å². The lowest BCUT2D eigenvalue weighted by molar-refractivity contribution is 0.0721. The van der Waals surface area contributed by atoms with E-state index < -0.39 is 0 Å². The second-order valence-electron chi connectivity index (χ2n) is 7.39. The average Bonchev–Trinajstić information content (AvgIpc) is 2.72. The van der Waals surface area contributed by atoms with Crippen molar-refractivity contribution >= 4 is 6.09 Å². The summed E-state index contributed by atoms with van der Waals surface area (Å²) in [5, 5.41) is 3.35. The number of benzene rings is 2. The van der Waals surface area contributed by atoms with E-state index in [0.717, 1.165) is 43.5 Å². The highest BCUT2D eigenvalue weighted by Crippen LogP contribution is 2.35. The number of carbonyl (C=O) groups excluding carboxylic acids is 1. The van der Waals surface area contributed by atoms with Crippen molar-refractivity contribution in [2.45, 2.75) is 25.3 Å².